The molecule has 1 aromatic rings. The molecular weight excluding hydrogens is 294 g/mol. The van der Waals surface area contributed by atoms with Crippen LogP contribution in [0.15, 0.2) is 17.2 Å². The average Bonchev–Trinajstić information content (AvgIpc) is 2.66. The molecule has 0 radical (unpaired) electrons. The van der Waals surface area contributed by atoms with E-state index < -0.39 is 10.0 Å². The summed E-state index contributed by atoms with van der Waals surface area (Å²) < 4.78 is 29.0. The van der Waals surface area contributed by atoms with Gasteiger partial charge in [0.2, 0.25) is 10.0 Å². The van der Waals surface area contributed by atoms with Gasteiger partial charge >= 0.3 is 0 Å². The van der Waals surface area contributed by atoms with Gasteiger partial charge in [-0.3, -0.25) is 0 Å². The first-order chi connectivity index (χ1) is 9.46. The van der Waals surface area contributed by atoms with Gasteiger partial charge in [-0.15, -0.1) is 0 Å². The SMILES string of the molecule is CC(C)n1cc(S(=O)(=O)N2CCCSCC2)cc1CN. The van der Waals surface area contributed by atoms with E-state index in [-0.39, 0.29) is 6.04 Å². The summed E-state index contributed by atoms with van der Waals surface area (Å²) in [6.07, 6.45) is 2.64. The van der Waals surface area contributed by atoms with Crippen LogP contribution in [0, 0.1) is 0 Å². The minimum atomic E-state index is -3.39. The smallest absolute Gasteiger partial charge is 0.244 e. The molecule has 1 aliphatic heterocycles. The zero-order chi connectivity index (χ0) is 14.8. The van der Waals surface area contributed by atoms with Gasteiger partial charge in [0.15, 0.2) is 0 Å². The van der Waals surface area contributed by atoms with Crippen molar-refractivity contribution in [2.75, 3.05) is 24.6 Å². The second kappa shape index (κ2) is 6.51. The molecule has 0 aromatic carbocycles. The quantitative estimate of drug-likeness (QED) is 0.917. The molecular formula is C13H23N3O2S2. The van der Waals surface area contributed by atoms with Crippen LogP contribution in [-0.2, 0) is 16.6 Å². The maximum atomic E-state index is 12.7. The Morgan fingerprint density at radius 3 is 2.70 bits per heavy atom. The fraction of sp³-hybridized carbons (Fsp3) is 0.692. The Morgan fingerprint density at radius 1 is 1.35 bits per heavy atom. The van der Waals surface area contributed by atoms with E-state index in [2.05, 4.69) is 0 Å². The van der Waals surface area contributed by atoms with Crippen LogP contribution in [0.1, 0.15) is 32.0 Å². The van der Waals surface area contributed by atoms with Crippen LogP contribution in [-0.4, -0.2) is 41.9 Å². The summed E-state index contributed by atoms with van der Waals surface area (Å²) in [7, 11) is -3.39. The molecule has 1 aromatic heterocycles. The van der Waals surface area contributed by atoms with E-state index >= 15 is 0 Å². The van der Waals surface area contributed by atoms with E-state index in [4.69, 9.17) is 5.73 Å². The van der Waals surface area contributed by atoms with Crippen molar-refractivity contribution in [3.05, 3.63) is 18.0 Å². The lowest BCUT2D eigenvalue weighted by Gasteiger charge is -2.18. The summed E-state index contributed by atoms with van der Waals surface area (Å²) >= 11 is 1.82. The van der Waals surface area contributed by atoms with Crippen molar-refractivity contribution >= 4 is 21.8 Å². The van der Waals surface area contributed by atoms with Crippen LogP contribution in [0.5, 0.6) is 0 Å². The molecule has 1 fully saturated rings. The Balaban J connectivity index is 2.33. The fourth-order valence-electron chi connectivity index (χ4n) is 2.39. The van der Waals surface area contributed by atoms with E-state index in [1.54, 1.807) is 16.6 Å². The number of thioether (sulfide) groups is 1. The zero-order valence-electron chi connectivity index (χ0n) is 12.1. The number of hydrogen-bond acceptors (Lipinski definition) is 4. The normalized spacial score (nSPS) is 18.4. The highest BCUT2D eigenvalue weighted by atomic mass is 32.2. The standard InChI is InChI=1S/C13H23N3O2S2/c1-11(2)16-10-13(8-12(16)9-14)20(17,18)15-4-3-6-19-7-5-15/h8,10-11H,3-7,9,14H2,1-2H3. The van der Waals surface area contributed by atoms with E-state index in [0.717, 1.165) is 23.6 Å². The van der Waals surface area contributed by atoms with Crippen molar-refractivity contribution in [2.45, 2.75) is 37.8 Å². The first-order valence-corrected chi connectivity index (χ1v) is 9.55. The van der Waals surface area contributed by atoms with Crippen molar-refractivity contribution in [3.63, 3.8) is 0 Å². The van der Waals surface area contributed by atoms with Gasteiger partial charge in [-0.1, -0.05) is 0 Å². The molecule has 1 aliphatic rings. The highest BCUT2D eigenvalue weighted by Crippen LogP contribution is 2.23. The number of hydrogen-bond donors (Lipinski definition) is 1. The molecule has 0 aliphatic carbocycles. The van der Waals surface area contributed by atoms with Gasteiger partial charge in [-0.25, -0.2) is 8.42 Å². The van der Waals surface area contributed by atoms with Gasteiger partial charge in [0, 0.05) is 43.3 Å². The molecule has 0 bridgehead atoms. The Hall–Kier alpha value is -0.500. The summed E-state index contributed by atoms with van der Waals surface area (Å²) in [5, 5.41) is 0. The van der Waals surface area contributed by atoms with Gasteiger partial charge in [-0.05, 0) is 32.1 Å². The molecule has 0 spiro atoms. The molecule has 0 unspecified atom stereocenters. The predicted molar refractivity (Wildman–Crippen MR) is 83.4 cm³/mol. The van der Waals surface area contributed by atoms with Crippen LogP contribution >= 0.6 is 11.8 Å². The third-order valence-electron chi connectivity index (χ3n) is 3.49. The molecule has 2 heterocycles. The molecule has 0 atom stereocenters. The number of aromatic nitrogens is 1. The highest BCUT2D eigenvalue weighted by molar-refractivity contribution is 7.99. The van der Waals surface area contributed by atoms with Gasteiger partial charge in [0.05, 0.1) is 0 Å². The lowest BCUT2D eigenvalue weighted by Crippen LogP contribution is -2.32. The third kappa shape index (κ3) is 3.21. The Kier molecular flexibility index (Phi) is 5.17. The second-order valence-electron chi connectivity index (χ2n) is 5.24. The minimum absolute atomic E-state index is 0.206. The first kappa shape index (κ1) is 15.9. The monoisotopic (exact) mass is 317 g/mol. The molecule has 0 amide bonds. The molecule has 114 valence electrons. The molecule has 5 nitrogen and oxygen atoms in total. The lowest BCUT2D eigenvalue weighted by molar-refractivity contribution is 0.434. The largest absolute Gasteiger partial charge is 0.346 e. The van der Waals surface area contributed by atoms with Crippen LogP contribution in [0.2, 0.25) is 0 Å². The average molecular weight is 317 g/mol. The van der Waals surface area contributed by atoms with Crippen LogP contribution in [0.3, 0.4) is 0 Å². The number of sulfonamides is 1. The van der Waals surface area contributed by atoms with Gasteiger partial charge in [-0.2, -0.15) is 16.1 Å². The van der Waals surface area contributed by atoms with Crippen LogP contribution in [0.4, 0.5) is 0 Å². The minimum Gasteiger partial charge on any atom is -0.346 e. The maximum absolute atomic E-state index is 12.7. The molecule has 7 heteroatoms. The number of rotatable bonds is 4. The van der Waals surface area contributed by atoms with E-state index in [1.165, 1.54) is 0 Å². The van der Waals surface area contributed by atoms with Gasteiger partial charge in [0.25, 0.3) is 0 Å². The van der Waals surface area contributed by atoms with Crippen molar-refractivity contribution in [1.82, 2.24) is 8.87 Å². The zero-order valence-corrected chi connectivity index (χ0v) is 13.7. The molecule has 1 saturated heterocycles. The van der Waals surface area contributed by atoms with Gasteiger partial charge < -0.3 is 10.3 Å². The second-order valence-corrected chi connectivity index (χ2v) is 8.40. The van der Waals surface area contributed by atoms with Crippen LogP contribution in [0.25, 0.3) is 0 Å². The van der Waals surface area contributed by atoms with Crippen molar-refractivity contribution in [3.8, 4) is 0 Å². The first-order valence-electron chi connectivity index (χ1n) is 6.95. The molecule has 2 N–H and O–H groups in total. The van der Waals surface area contributed by atoms with E-state index in [0.29, 0.717) is 24.5 Å². The highest BCUT2D eigenvalue weighted by Gasteiger charge is 2.27. The van der Waals surface area contributed by atoms with Crippen molar-refractivity contribution < 1.29 is 8.42 Å². The molecule has 20 heavy (non-hydrogen) atoms. The maximum Gasteiger partial charge on any atom is 0.244 e. The topological polar surface area (TPSA) is 68.3 Å². The summed E-state index contributed by atoms with van der Waals surface area (Å²) in [6.45, 7) is 5.61. The summed E-state index contributed by atoms with van der Waals surface area (Å²) in [4.78, 5) is 0.374. The fourth-order valence-corrected chi connectivity index (χ4v) is 4.93. The predicted octanol–water partition coefficient (Wildman–Crippen LogP) is 1.66. The third-order valence-corrected chi connectivity index (χ3v) is 6.40. The Labute approximate surface area is 125 Å². The van der Waals surface area contributed by atoms with Gasteiger partial charge in [0.1, 0.15) is 4.90 Å². The molecule has 2 rings (SSSR count). The Morgan fingerprint density at radius 2 is 2.10 bits per heavy atom. The van der Waals surface area contributed by atoms with Crippen LogP contribution < -0.4 is 5.73 Å². The number of nitrogens with zero attached hydrogens (tertiary/aromatic N) is 2. The summed E-state index contributed by atoms with van der Waals surface area (Å²) in [5.41, 5.74) is 6.58. The Bertz CT molecular complexity index is 544. The van der Waals surface area contributed by atoms with Crippen molar-refractivity contribution in [2.24, 2.45) is 5.73 Å². The van der Waals surface area contributed by atoms with E-state index in [9.17, 15) is 8.42 Å². The molecule has 0 saturated carbocycles. The lowest BCUT2D eigenvalue weighted by atomic mass is 10.3. The summed E-state index contributed by atoms with van der Waals surface area (Å²) in [6, 6.07) is 1.92. The van der Waals surface area contributed by atoms with E-state index in [1.807, 2.05) is 30.2 Å². The number of nitrogens with two attached hydrogens (primary N) is 1. The summed E-state index contributed by atoms with van der Waals surface area (Å²) in [5.74, 6) is 1.90. The van der Waals surface area contributed by atoms with Crippen molar-refractivity contribution in [1.29, 1.82) is 0 Å².